The third kappa shape index (κ3) is 4.85. The maximum Gasteiger partial charge on any atom is 0.185 e. The van der Waals surface area contributed by atoms with Crippen molar-refractivity contribution < 1.29 is 12.8 Å². The van der Waals surface area contributed by atoms with E-state index in [0.717, 1.165) is 33.1 Å². The molecule has 0 bridgehead atoms. The van der Waals surface area contributed by atoms with E-state index in [4.69, 9.17) is 16.6 Å². The molecule has 4 nitrogen and oxygen atoms in total. The number of thiazole rings is 1. The van der Waals surface area contributed by atoms with Crippen LogP contribution in [-0.4, -0.2) is 31.7 Å². The molecule has 8 heteroatoms. The van der Waals surface area contributed by atoms with Crippen molar-refractivity contribution in [1.82, 2.24) is 4.98 Å². The van der Waals surface area contributed by atoms with Crippen molar-refractivity contribution in [2.75, 3.05) is 18.0 Å². The smallest absolute Gasteiger partial charge is 0.185 e. The molecule has 1 aliphatic heterocycles. The highest BCUT2D eigenvalue weighted by Crippen LogP contribution is 2.32. The van der Waals surface area contributed by atoms with E-state index in [1.807, 2.05) is 38.3 Å². The minimum Gasteiger partial charge on any atom is -0.348 e. The van der Waals surface area contributed by atoms with Crippen molar-refractivity contribution in [3.05, 3.63) is 74.5 Å². The van der Waals surface area contributed by atoms with E-state index in [-0.39, 0.29) is 11.1 Å². The van der Waals surface area contributed by atoms with Crippen LogP contribution in [0.5, 0.6) is 0 Å². The Labute approximate surface area is 198 Å². The van der Waals surface area contributed by atoms with Crippen LogP contribution in [0.4, 0.5) is 9.52 Å². The van der Waals surface area contributed by atoms with Gasteiger partial charge >= 0.3 is 0 Å². The number of nitrogens with zero attached hydrogens (tertiary/aromatic N) is 2. The summed E-state index contributed by atoms with van der Waals surface area (Å²) < 4.78 is 40.3. The van der Waals surface area contributed by atoms with Crippen molar-refractivity contribution in [2.45, 2.75) is 50.2 Å². The summed E-state index contributed by atoms with van der Waals surface area (Å²) in [6.45, 7) is 7.04. The van der Waals surface area contributed by atoms with Gasteiger partial charge in [0.25, 0.3) is 0 Å². The molecule has 3 aromatic rings. The molecule has 170 valence electrons. The first-order valence-corrected chi connectivity index (χ1v) is 13.4. The molecule has 0 atom stereocenters. The number of aryl methyl sites for hydroxylation is 3. The van der Waals surface area contributed by atoms with Gasteiger partial charge in [-0.2, -0.15) is 0 Å². The van der Waals surface area contributed by atoms with Crippen LogP contribution in [0, 0.1) is 26.6 Å². The molecule has 1 aliphatic rings. The fraction of sp³-hybridized carbons (Fsp3) is 0.375. The van der Waals surface area contributed by atoms with E-state index in [0.29, 0.717) is 42.3 Å². The number of rotatable bonds is 5. The van der Waals surface area contributed by atoms with E-state index >= 15 is 0 Å². The van der Waals surface area contributed by atoms with Crippen LogP contribution in [0.2, 0.25) is 5.02 Å². The molecule has 0 amide bonds. The second kappa shape index (κ2) is 9.12. The predicted octanol–water partition coefficient (Wildman–Crippen LogP) is 5.89. The zero-order chi connectivity index (χ0) is 23.0. The molecule has 1 fully saturated rings. The van der Waals surface area contributed by atoms with Crippen molar-refractivity contribution in [1.29, 1.82) is 0 Å². The number of sulfone groups is 1. The molecule has 0 radical (unpaired) electrons. The minimum atomic E-state index is -3.38. The van der Waals surface area contributed by atoms with E-state index in [1.54, 1.807) is 6.07 Å². The number of hydrogen-bond donors (Lipinski definition) is 0. The standard InChI is InChI=1S/C24H26ClFN2O2S2/c1-15-8-16(2)23(17(3)9-15)32(29,30)22-4-6-28(7-5-22)24-27-21(14-31-24)12-18-10-19(25)13-20(26)11-18/h8-11,13-14,22H,4-7,12H2,1-3H3. The molecule has 1 aromatic heterocycles. The summed E-state index contributed by atoms with van der Waals surface area (Å²) in [6, 6.07) is 8.39. The summed E-state index contributed by atoms with van der Waals surface area (Å²) in [5, 5.41) is 2.84. The lowest BCUT2D eigenvalue weighted by Crippen LogP contribution is -2.39. The van der Waals surface area contributed by atoms with Crippen LogP contribution in [-0.2, 0) is 16.3 Å². The van der Waals surface area contributed by atoms with Gasteiger partial charge in [-0.3, -0.25) is 0 Å². The number of aromatic nitrogens is 1. The first-order chi connectivity index (χ1) is 15.1. The number of halogens is 2. The maximum absolute atomic E-state index is 13.6. The van der Waals surface area contributed by atoms with E-state index in [1.165, 1.54) is 23.5 Å². The Morgan fingerprint density at radius 1 is 1.09 bits per heavy atom. The lowest BCUT2D eigenvalue weighted by molar-refractivity contribution is 0.528. The van der Waals surface area contributed by atoms with Gasteiger partial charge < -0.3 is 4.90 Å². The van der Waals surface area contributed by atoms with Gasteiger partial charge in [0.05, 0.1) is 15.8 Å². The fourth-order valence-corrected chi connectivity index (χ4v) is 7.89. The maximum atomic E-state index is 13.6. The molecule has 0 unspecified atom stereocenters. The second-order valence-electron chi connectivity index (χ2n) is 8.54. The molecule has 0 spiro atoms. The summed E-state index contributed by atoms with van der Waals surface area (Å²) in [5.41, 5.74) is 4.36. The summed E-state index contributed by atoms with van der Waals surface area (Å²) in [7, 11) is -3.38. The van der Waals surface area contributed by atoms with Crippen LogP contribution in [0.3, 0.4) is 0 Å². The Kier molecular flexibility index (Phi) is 6.61. The van der Waals surface area contributed by atoms with E-state index < -0.39 is 9.84 Å². The first-order valence-electron chi connectivity index (χ1n) is 10.6. The van der Waals surface area contributed by atoms with Crippen molar-refractivity contribution in [3.8, 4) is 0 Å². The number of benzene rings is 2. The van der Waals surface area contributed by atoms with Gasteiger partial charge in [0.2, 0.25) is 0 Å². The Morgan fingerprint density at radius 3 is 2.38 bits per heavy atom. The van der Waals surface area contributed by atoms with Gasteiger partial charge in [-0.25, -0.2) is 17.8 Å². The van der Waals surface area contributed by atoms with Gasteiger partial charge in [0, 0.05) is 29.9 Å². The average molecular weight is 493 g/mol. The molecule has 2 aromatic carbocycles. The molecule has 2 heterocycles. The number of hydrogen-bond acceptors (Lipinski definition) is 5. The van der Waals surface area contributed by atoms with Crippen LogP contribution in [0.25, 0.3) is 0 Å². The van der Waals surface area contributed by atoms with Crippen LogP contribution < -0.4 is 4.90 Å². The summed E-state index contributed by atoms with van der Waals surface area (Å²) in [5.74, 6) is -0.356. The van der Waals surface area contributed by atoms with Crippen LogP contribution in [0.15, 0.2) is 40.6 Å². The molecule has 0 aliphatic carbocycles. The lowest BCUT2D eigenvalue weighted by Gasteiger charge is -2.32. The molecular formula is C24H26ClFN2O2S2. The highest BCUT2D eigenvalue weighted by atomic mass is 35.5. The Bertz CT molecular complexity index is 1210. The van der Waals surface area contributed by atoms with Crippen LogP contribution in [0.1, 0.15) is 40.8 Å². The van der Waals surface area contributed by atoms with Crippen LogP contribution >= 0.6 is 22.9 Å². The second-order valence-corrected chi connectivity index (χ2v) is 12.0. The molecule has 4 rings (SSSR count). The quantitative estimate of drug-likeness (QED) is 0.445. The van der Waals surface area contributed by atoms with Gasteiger partial charge in [0.1, 0.15) is 5.82 Å². The number of piperidine rings is 1. The van der Waals surface area contributed by atoms with E-state index in [2.05, 4.69) is 4.90 Å². The highest BCUT2D eigenvalue weighted by molar-refractivity contribution is 7.92. The number of anilines is 1. The largest absolute Gasteiger partial charge is 0.348 e. The molecule has 0 N–H and O–H groups in total. The Balaban J connectivity index is 1.44. The molecule has 0 saturated carbocycles. The van der Waals surface area contributed by atoms with Crippen molar-refractivity contribution in [3.63, 3.8) is 0 Å². The van der Waals surface area contributed by atoms with Gasteiger partial charge in [-0.15, -0.1) is 11.3 Å². The minimum absolute atomic E-state index is 0.356. The normalized spacial score (nSPS) is 15.3. The van der Waals surface area contributed by atoms with Gasteiger partial charge in [-0.1, -0.05) is 29.3 Å². The van der Waals surface area contributed by atoms with Crippen molar-refractivity contribution >= 4 is 37.9 Å². The van der Waals surface area contributed by atoms with Gasteiger partial charge in [-0.05, 0) is 68.5 Å². The predicted molar refractivity (Wildman–Crippen MR) is 129 cm³/mol. The fourth-order valence-electron chi connectivity index (χ4n) is 4.58. The molecular weight excluding hydrogens is 467 g/mol. The summed E-state index contributed by atoms with van der Waals surface area (Å²) >= 11 is 7.48. The lowest BCUT2D eigenvalue weighted by atomic mass is 10.1. The van der Waals surface area contributed by atoms with Gasteiger partial charge in [0.15, 0.2) is 15.0 Å². The highest BCUT2D eigenvalue weighted by Gasteiger charge is 2.34. The monoisotopic (exact) mass is 492 g/mol. The average Bonchev–Trinajstić information content (AvgIpc) is 3.14. The Hall–Kier alpha value is -1.96. The SMILES string of the molecule is Cc1cc(C)c(S(=O)(=O)C2CCN(c3nc(Cc4cc(F)cc(Cl)c4)cs3)CC2)c(C)c1. The zero-order valence-electron chi connectivity index (χ0n) is 18.4. The van der Waals surface area contributed by atoms with E-state index in [9.17, 15) is 12.8 Å². The van der Waals surface area contributed by atoms with Crippen molar-refractivity contribution in [2.24, 2.45) is 0 Å². The summed E-state index contributed by atoms with van der Waals surface area (Å²) in [4.78, 5) is 7.34. The zero-order valence-corrected chi connectivity index (χ0v) is 20.7. The Morgan fingerprint density at radius 2 is 1.75 bits per heavy atom. The first kappa shape index (κ1) is 23.2. The summed E-state index contributed by atoms with van der Waals surface area (Å²) in [6.07, 6.45) is 1.65. The third-order valence-electron chi connectivity index (χ3n) is 5.89. The molecule has 32 heavy (non-hydrogen) atoms. The molecule has 1 saturated heterocycles. The third-order valence-corrected chi connectivity index (χ3v) is 9.62. The topological polar surface area (TPSA) is 50.3 Å².